The maximum Gasteiger partial charge on any atom is 0.175 e. The number of ketones is 1. The summed E-state index contributed by atoms with van der Waals surface area (Å²) in [5.41, 5.74) is 5.42. The van der Waals surface area contributed by atoms with E-state index in [1.54, 1.807) is 6.07 Å². The first-order chi connectivity index (χ1) is 8.50. The zero-order chi connectivity index (χ0) is 13.3. The van der Waals surface area contributed by atoms with Crippen LogP contribution in [0.1, 0.15) is 36.5 Å². The summed E-state index contributed by atoms with van der Waals surface area (Å²) in [6.45, 7) is 1.83. The van der Waals surface area contributed by atoms with Crippen molar-refractivity contribution < 1.29 is 13.9 Å². The van der Waals surface area contributed by atoms with Crippen LogP contribution in [0, 0.1) is 11.2 Å². The summed E-state index contributed by atoms with van der Waals surface area (Å²) in [5.74, 6) is -0.717. The van der Waals surface area contributed by atoms with Crippen molar-refractivity contribution in [3.05, 3.63) is 29.6 Å². The Hall–Kier alpha value is -1.42. The van der Waals surface area contributed by atoms with Crippen molar-refractivity contribution in [3.8, 4) is 5.75 Å². The van der Waals surface area contributed by atoms with Gasteiger partial charge >= 0.3 is 0 Å². The molecule has 0 aromatic heterocycles. The summed E-state index contributed by atoms with van der Waals surface area (Å²) in [5, 5.41) is 0. The number of carbonyl (C=O) groups excluding carboxylic acids is 1. The molecule has 2 atom stereocenters. The molecule has 0 amide bonds. The van der Waals surface area contributed by atoms with Crippen molar-refractivity contribution in [2.75, 3.05) is 7.11 Å². The van der Waals surface area contributed by atoms with Crippen molar-refractivity contribution in [3.63, 3.8) is 0 Å². The van der Waals surface area contributed by atoms with Crippen molar-refractivity contribution in [2.24, 2.45) is 11.1 Å². The average molecular weight is 251 g/mol. The highest BCUT2D eigenvalue weighted by atomic mass is 19.1. The zero-order valence-electron chi connectivity index (χ0n) is 10.7. The van der Waals surface area contributed by atoms with Crippen LogP contribution in [0.15, 0.2) is 18.2 Å². The lowest BCUT2D eigenvalue weighted by Crippen LogP contribution is -2.41. The van der Waals surface area contributed by atoms with Gasteiger partial charge in [0.2, 0.25) is 0 Å². The molecular weight excluding hydrogens is 233 g/mol. The Morgan fingerprint density at radius 3 is 2.83 bits per heavy atom. The molecule has 0 heterocycles. The minimum absolute atomic E-state index is 0.0780. The van der Waals surface area contributed by atoms with Gasteiger partial charge in [0.05, 0.1) is 12.7 Å². The van der Waals surface area contributed by atoms with E-state index in [0.717, 1.165) is 12.8 Å². The summed E-state index contributed by atoms with van der Waals surface area (Å²) in [7, 11) is 1.38. The molecule has 1 aromatic carbocycles. The molecule has 1 fully saturated rings. The molecule has 2 rings (SSSR count). The largest absolute Gasteiger partial charge is 0.494 e. The van der Waals surface area contributed by atoms with E-state index >= 15 is 0 Å². The third-order valence-electron chi connectivity index (χ3n) is 3.98. The van der Waals surface area contributed by atoms with E-state index in [9.17, 15) is 9.18 Å². The number of hydrogen-bond acceptors (Lipinski definition) is 3. The Bertz CT molecular complexity index is 475. The quantitative estimate of drug-likeness (QED) is 0.840. The number of hydrogen-bond donors (Lipinski definition) is 1. The Balaban J connectivity index is 2.40. The molecule has 2 N–H and O–H groups in total. The van der Waals surface area contributed by atoms with E-state index in [1.165, 1.54) is 19.2 Å². The van der Waals surface area contributed by atoms with E-state index in [-0.39, 0.29) is 23.1 Å². The summed E-state index contributed by atoms with van der Waals surface area (Å²) in [4.78, 5) is 12.5. The lowest BCUT2D eigenvalue weighted by atomic mass is 9.78. The van der Waals surface area contributed by atoms with E-state index in [1.807, 2.05) is 6.92 Å². The SMILES string of the molecule is COc1cccc(C(=O)C2(C)CCCC2N)c1F. The second kappa shape index (κ2) is 4.69. The lowest BCUT2D eigenvalue weighted by Gasteiger charge is -2.27. The van der Waals surface area contributed by atoms with Gasteiger partial charge in [-0.05, 0) is 25.0 Å². The summed E-state index contributed by atoms with van der Waals surface area (Å²) >= 11 is 0. The lowest BCUT2D eigenvalue weighted by molar-refractivity contribution is 0.0797. The van der Waals surface area contributed by atoms with Gasteiger partial charge in [-0.15, -0.1) is 0 Å². The van der Waals surface area contributed by atoms with Crippen LogP contribution in [0.2, 0.25) is 0 Å². The van der Waals surface area contributed by atoms with Gasteiger partial charge in [0, 0.05) is 11.5 Å². The van der Waals surface area contributed by atoms with E-state index in [2.05, 4.69) is 0 Å². The molecule has 18 heavy (non-hydrogen) atoms. The first-order valence-electron chi connectivity index (χ1n) is 6.13. The molecule has 1 aliphatic carbocycles. The Labute approximate surface area is 106 Å². The van der Waals surface area contributed by atoms with Crippen molar-refractivity contribution >= 4 is 5.78 Å². The molecule has 0 saturated heterocycles. The van der Waals surface area contributed by atoms with Crippen molar-refractivity contribution in [1.82, 2.24) is 0 Å². The fourth-order valence-electron chi connectivity index (χ4n) is 2.63. The van der Waals surface area contributed by atoms with Crippen LogP contribution in [0.5, 0.6) is 5.75 Å². The number of ether oxygens (including phenoxy) is 1. The molecule has 2 unspecified atom stereocenters. The predicted octanol–water partition coefficient (Wildman–Crippen LogP) is 2.53. The van der Waals surface area contributed by atoms with E-state index in [4.69, 9.17) is 10.5 Å². The van der Waals surface area contributed by atoms with Gasteiger partial charge in [-0.1, -0.05) is 19.4 Å². The van der Waals surface area contributed by atoms with Gasteiger partial charge in [0.15, 0.2) is 17.3 Å². The maximum absolute atomic E-state index is 14.1. The van der Waals surface area contributed by atoms with Gasteiger partial charge in [0.25, 0.3) is 0 Å². The summed E-state index contributed by atoms with van der Waals surface area (Å²) < 4.78 is 19.0. The molecule has 3 nitrogen and oxygen atoms in total. The topological polar surface area (TPSA) is 52.3 Å². The van der Waals surface area contributed by atoms with Gasteiger partial charge in [0.1, 0.15) is 0 Å². The first kappa shape index (κ1) is 13.0. The average Bonchev–Trinajstić information content (AvgIpc) is 2.70. The number of rotatable bonds is 3. The van der Waals surface area contributed by atoms with Crippen molar-refractivity contribution in [1.29, 1.82) is 0 Å². The van der Waals surface area contributed by atoms with E-state index < -0.39 is 11.2 Å². The third-order valence-corrected chi connectivity index (χ3v) is 3.98. The van der Waals surface area contributed by atoms with Crippen LogP contribution in [0.25, 0.3) is 0 Å². The zero-order valence-corrected chi connectivity index (χ0v) is 10.7. The standard InChI is InChI=1S/C14H18FNO2/c1-14(8-4-7-11(14)16)13(17)9-5-3-6-10(18-2)12(9)15/h3,5-6,11H,4,7-8,16H2,1-2H3. The molecule has 0 spiro atoms. The second-order valence-electron chi connectivity index (χ2n) is 5.07. The highest BCUT2D eigenvalue weighted by molar-refractivity contribution is 6.01. The fourth-order valence-corrected chi connectivity index (χ4v) is 2.63. The van der Waals surface area contributed by atoms with Crippen LogP contribution >= 0.6 is 0 Å². The van der Waals surface area contributed by atoms with Gasteiger partial charge in [-0.25, -0.2) is 4.39 Å². The Morgan fingerprint density at radius 1 is 1.56 bits per heavy atom. The maximum atomic E-state index is 14.1. The van der Waals surface area contributed by atoms with Crippen LogP contribution in [-0.2, 0) is 0 Å². The molecule has 4 heteroatoms. The normalized spacial score (nSPS) is 27.2. The number of benzene rings is 1. The fraction of sp³-hybridized carbons (Fsp3) is 0.500. The molecular formula is C14H18FNO2. The van der Waals surface area contributed by atoms with Gasteiger partial charge < -0.3 is 10.5 Å². The van der Waals surface area contributed by atoms with E-state index in [0.29, 0.717) is 6.42 Å². The molecule has 1 aromatic rings. The first-order valence-corrected chi connectivity index (χ1v) is 6.13. The van der Waals surface area contributed by atoms with Crippen LogP contribution < -0.4 is 10.5 Å². The second-order valence-corrected chi connectivity index (χ2v) is 5.07. The molecule has 98 valence electrons. The molecule has 0 radical (unpaired) electrons. The number of carbonyl (C=O) groups is 1. The number of nitrogens with two attached hydrogens (primary N) is 1. The summed E-state index contributed by atoms with van der Waals surface area (Å²) in [6.07, 6.45) is 2.44. The highest BCUT2D eigenvalue weighted by Gasteiger charge is 2.44. The Morgan fingerprint density at radius 2 is 2.28 bits per heavy atom. The minimum Gasteiger partial charge on any atom is -0.494 e. The van der Waals surface area contributed by atoms with Crippen LogP contribution in [-0.4, -0.2) is 18.9 Å². The molecule has 1 aliphatic rings. The molecule has 0 bridgehead atoms. The smallest absolute Gasteiger partial charge is 0.175 e. The van der Waals surface area contributed by atoms with Crippen LogP contribution in [0.3, 0.4) is 0 Å². The van der Waals surface area contributed by atoms with Crippen LogP contribution in [0.4, 0.5) is 4.39 Å². The predicted molar refractivity (Wildman–Crippen MR) is 67.2 cm³/mol. The number of Topliss-reactive ketones (excluding diaryl/α,β-unsaturated/α-hetero) is 1. The molecule has 0 aliphatic heterocycles. The summed E-state index contributed by atoms with van der Waals surface area (Å²) in [6, 6.07) is 4.42. The monoisotopic (exact) mass is 251 g/mol. The Kier molecular flexibility index (Phi) is 3.39. The highest BCUT2D eigenvalue weighted by Crippen LogP contribution is 2.40. The van der Waals surface area contributed by atoms with Gasteiger partial charge in [-0.3, -0.25) is 4.79 Å². The number of methoxy groups -OCH3 is 1. The third kappa shape index (κ3) is 1.90. The molecule has 1 saturated carbocycles. The minimum atomic E-state index is -0.660. The van der Waals surface area contributed by atoms with Crippen molar-refractivity contribution in [2.45, 2.75) is 32.2 Å². The number of halogens is 1. The van der Waals surface area contributed by atoms with Gasteiger partial charge in [-0.2, -0.15) is 0 Å².